The number of ether oxygens (including phenoxy) is 2. The van der Waals surface area contributed by atoms with Crippen LogP contribution < -0.4 is 9.47 Å². The molecule has 1 aliphatic heterocycles. The molecule has 0 spiro atoms. The van der Waals surface area contributed by atoms with Gasteiger partial charge in [0.25, 0.3) is 0 Å². The normalized spacial score (nSPS) is 20.2. The van der Waals surface area contributed by atoms with Crippen LogP contribution in [0, 0.1) is 11.8 Å². The van der Waals surface area contributed by atoms with Gasteiger partial charge >= 0.3 is 5.97 Å². The lowest BCUT2D eigenvalue weighted by Crippen LogP contribution is -2.34. The summed E-state index contributed by atoms with van der Waals surface area (Å²) in [6.45, 7) is 3.98. The van der Waals surface area contributed by atoms with E-state index in [1.165, 1.54) is 4.90 Å². The summed E-state index contributed by atoms with van der Waals surface area (Å²) in [6.07, 6.45) is 3.66. The van der Waals surface area contributed by atoms with Crippen molar-refractivity contribution in [1.29, 1.82) is 0 Å². The predicted molar refractivity (Wildman–Crippen MR) is 153 cm³/mol. The first kappa shape index (κ1) is 30.2. The number of rotatable bonds is 12. The second-order valence-corrected chi connectivity index (χ2v) is 11.4. The average molecular weight is 592 g/mol. The van der Waals surface area contributed by atoms with E-state index in [2.05, 4.69) is 11.8 Å². The molecular weight excluding hydrogens is 555 g/mol. The van der Waals surface area contributed by atoms with E-state index in [1.54, 1.807) is 7.11 Å². The van der Waals surface area contributed by atoms with Gasteiger partial charge in [-0.15, -0.1) is 0 Å². The van der Waals surface area contributed by atoms with Crippen LogP contribution in [0.4, 0.5) is 0 Å². The molecule has 40 heavy (non-hydrogen) atoms. The highest BCUT2D eigenvalue weighted by Crippen LogP contribution is 2.35. The number of carbonyl (C=O) groups is 3. The van der Waals surface area contributed by atoms with Crippen molar-refractivity contribution in [3.05, 3.63) is 57.6 Å². The van der Waals surface area contributed by atoms with Crippen LogP contribution in [0.5, 0.6) is 11.5 Å². The maximum absolute atomic E-state index is 11.9. The number of benzene rings is 2. The Bertz CT molecular complexity index is 1210. The number of likely N-dealkylation sites (tertiary alicyclic amines) is 1. The molecule has 2 aromatic rings. The van der Waals surface area contributed by atoms with Crippen molar-refractivity contribution < 1.29 is 29.0 Å². The second-order valence-electron chi connectivity index (χ2n) is 10.6. The van der Waals surface area contributed by atoms with E-state index in [4.69, 9.17) is 32.7 Å². The number of carboxylic acid groups (broad SMARTS) is 1. The first-order valence-corrected chi connectivity index (χ1v) is 14.5. The van der Waals surface area contributed by atoms with Gasteiger partial charge in [0.15, 0.2) is 11.5 Å². The summed E-state index contributed by atoms with van der Waals surface area (Å²) in [7, 11) is 1.58. The summed E-state index contributed by atoms with van der Waals surface area (Å²) in [5.74, 6) is 0.221. The fourth-order valence-electron chi connectivity index (χ4n) is 5.55. The maximum Gasteiger partial charge on any atom is 0.306 e. The summed E-state index contributed by atoms with van der Waals surface area (Å²) in [5.41, 5.74) is 2.08. The topological polar surface area (TPSA) is 96.4 Å². The number of amides is 2. The molecule has 8 nitrogen and oxygen atoms in total. The van der Waals surface area contributed by atoms with Crippen molar-refractivity contribution in [2.75, 3.05) is 26.8 Å². The zero-order chi connectivity index (χ0) is 28.8. The number of nitrogens with zero attached hydrogens (tertiary/aromatic N) is 2. The quantitative estimate of drug-likeness (QED) is 0.303. The van der Waals surface area contributed by atoms with E-state index in [-0.39, 0.29) is 49.8 Å². The number of methoxy groups -OCH3 is 1. The van der Waals surface area contributed by atoms with Crippen molar-refractivity contribution in [1.82, 2.24) is 9.80 Å². The number of imide groups is 1. The molecule has 1 aliphatic carbocycles. The van der Waals surface area contributed by atoms with Gasteiger partial charge in [-0.25, -0.2) is 0 Å². The molecule has 1 saturated carbocycles. The molecule has 1 saturated heterocycles. The first-order chi connectivity index (χ1) is 19.2. The highest BCUT2D eigenvalue weighted by molar-refractivity contribution is 6.42. The third-order valence-electron chi connectivity index (χ3n) is 8.00. The zero-order valence-electron chi connectivity index (χ0n) is 22.9. The van der Waals surface area contributed by atoms with Gasteiger partial charge in [0.2, 0.25) is 11.8 Å². The summed E-state index contributed by atoms with van der Waals surface area (Å²) in [5, 5.41) is 10.4. The molecule has 1 atom stereocenters. The fraction of sp³-hybridized carbons (Fsp3) is 0.500. The molecule has 216 valence electrons. The van der Waals surface area contributed by atoms with Gasteiger partial charge in [-0.05, 0) is 73.9 Å². The molecule has 1 heterocycles. The molecule has 1 N–H and O–H groups in total. The van der Waals surface area contributed by atoms with Crippen molar-refractivity contribution in [3.8, 4) is 11.5 Å². The molecule has 2 amide bonds. The number of carbonyl (C=O) groups excluding carboxylic acids is 2. The highest BCUT2D eigenvalue weighted by atomic mass is 35.5. The maximum atomic E-state index is 11.9. The van der Waals surface area contributed by atoms with Gasteiger partial charge < -0.3 is 14.6 Å². The van der Waals surface area contributed by atoms with Gasteiger partial charge in [-0.1, -0.05) is 35.3 Å². The third-order valence-corrected chi connectivity index (χ3v) is 8.74. The van der Waals surface area contributed by atoms with Crippen LogP contribution in [0.15, 0.2) is 36.4 Å². The Balaban J connectivity index is 1.47. The molecule has 2 aromatic carbocycles. The van der Waals surface area contributed by atoms with E-state index >= 15 is 0 Å². The van der Waals surface area contributed by atoms with Gasteiger partial charge in [-0.3, -0.25) is 24.2 Å². The van der Waals surface area contributed by atoms with E-state index < -0.39 is 5.97 Å². The van der Waals surface area contributed by atoms with Crippen LogP contribution in [-0.2, 0) is 20.9 Å². The molecule has 0 aromatic heterocycles. The Kier molecular flexibility index (Phi) is 10.3. The Morgan fingerprint density at radius 1 is 1.02 bits per heavy atom. The third kappa shape index (κ3) is 7.47. The van der Waals surface area contributed by atoms with Crippen LogP contribution >= 0.6 is 23.2 Å². The smallest absolute Gasteiger partial charge is 0.306 e. The molecular formula is C30H36Cl2N2O6. The Morgan fingerprint density at radius 2 is 1.73 bits per heavy atom. The van der Waals surface area contributed by atoms with Crippen LogP contribution in [0.1, 0.15) is 62.6 Å². The SMILES string of the molecule is COc1cc(CN(CC2CCC(C(=O)O)CC2)C(C)c2ccc(Cl)c(Cl)c2)ccc1OCCN1C(=O)CCC1=O. The standard InChI is InChI=1S/C30H36Cl2N2O6/c1-19(23-8-9-24(31)25(32)16-23)33(17-20-3-6-22(7-4-20)30(37)38)18-21-5-10-26(27(15-21)39-2)40-14-13-34-28(35)11-12-29(34)36/h5,8-10,15-16,19-20,22H,3-4,6-7,11-14,17-18H2,1-2H3,(H,37,38). The van der Waals surface area contributed by atoms with Crippen LogP contribution in [0.3, 0.4) is 0 Å². The number of hydrogen-bond donors (Lipinski definition) is 1. The van der Waals surface area contributed by atoms with Gasteiger partial charge in [-0.2, -0.15) is 0 Å². The van der Waals surface area contributed by atoms with Gasteiger partial charge in [0.1, 0.15) is 6.61 Å². The van der Waals surface area contributed by atoms with E-state index in [9.17, 15) is 19.5 Å². The number of hydrogen-bond acceptors (Lipinski definition) is 6. The van der Waals surface area contributed by atoms with E-state index in [1.807, 2.05) is 36.4 Å². The van der Waals surface area contributed by atoms with Crippen LogP contribution in [0.2, 0.25) is 10.0 Å². The summed E-state index contributed by atoms with van der Waals surface area (Å²) in [6, 6.07) is 11.5. The van der Waals surface area contributed by atoms with Crippen molar-refractivity contribution >= 4 is 41.0 Å². The minimum Gasteiger partial charge on any atom is -0.493 e. The molecule has 4 rings (SSSR count). The minimum atomic E-state index is -0.701. The highest BCUT2D eigenvalue weighted by Gasteiger charge is 2.30. The second kappa shape index (κ2) is 13.7. The lowest BCUT2D eigenvalue weighted by molar-refractivity contribution is -0.143. The molecule has 2 aliphatic rings. The molecule has 0 bridgehead atoms. The largest absolute Gasteiger partial charge is 0.493 e. The molecule has 10 heteroatoms. The fourth-order valence-corrected chi connectivity index (χ4v) is 5.86. The number of halogens is 2. The van der Waals surface area contributed by atoms with Gasteiger partial charge in [0, 0.05) is 32.0 Å². The zero-order valence-corrected chi connectivity index (χ0v) is 24.4. The van der Waals surface area contributed by atoms with Gasteiger partial charge in [0.05, 0.1) is 29.6 Å². The Morgan fingerprint density at radius 3 is 2.35 bits per heavy atom. The summed E-state index contributed by atoms with van der Waals surface area (Å²) >= 11 is 12.5. The van der Waals surface area contributed by atoms with Crippen molar-refractivity contribution in [2.24, 2.45) is 11.8 Å². The molecule has 0 radical (unpaired) electrons. The lowest BCUT2D eigenvalue weighted by Gasteiger charge is -2.35. The number of carboxylic acids is 1. The summed E-state index contributed by atoms with van der Waals surface area (Å²) in [4.78, 5) is 38.8. The number of aliphatic carboxylic acids is 1. The Labute approximate surface area is 245 Å². The first-order valence-electron chi connectivity index (χ1n) is 13.7. The van der Waals surface area contributed by atoms with Crippen LogP contribution in [0.25, 0.3) is 0 Å². The van der Waals surface area contributed by atoms with E-state index in [0.29, 0.717) is 46.8 Å². The van der Waals surface area contributed by atoms with Crippen LogP contribution in [-0.4, -0.2) is 59.5 Å². The van der Waals surface area contributed by atoms with Crippen molar-refractivity contribution in [3.63, 3.8) is 0 Å². The molecule has 1 unspecified atom stereocenters. The Hall–Kier alpha value is -2.81. The van der Waals surface area contributed by atoms with E-state index in [0.717, 1.165) is 30.5 Å². The lowest BCUT2D eigenvalue weighted by atomic mass is 9.81. The summed E-state index contributed by atoms with van der Waals surface area (Å²) < 4.78 is 11.5. The minimum absolute atomic E-state index is 0.0319. The monoisotopic (exact) mass is 590 g/mol. The average Bonchev–Trinajstić information content (AvgIpc) is 3.27. The predicted octanol–water partition coefficient (Wildman–Crippen LogP) is 5.98. The van der Waals surface area contributed by atoms with Crippen molar-refractivity contribution in [2.45, 2.75) is 58.0 Å². The molecule has 2 fully saturated rings.